The second-order valence-electron chi connectivity index (χ2n) is 20.2. The minimum atomic E-state index is -0.701. The van der Waals surface area contributed by atoms with Gasteiger partial charge in [-0.1, -0.05) is 7.43 Å². The number of nitriles is 1. The van der Waals surface area contributed by atoms with Gasteiger partial charge in [0.05, 0.1) is 12.9 Å². The molecule has 0 bridgehead atoms. The van der Waals surface area contributed by atoms with E-state index < -0.39 is 11.8 Å². The summed E-state index contributed by atoms with van der Waals surface area (Å²) in [7, 11) is 5.54. The molecule has 7 rings (SSSR count). The van der Waals surface area contributed by atoms with Crippen molar-refractivity contribution >= 4 is 62.7 Å². The van der Waals surface area contributed by atoms with Crippen LogP contribution in [0.5, 0.6) is 28.7 Å². The fourth-order valence-electron chi connectivity index (χ4n) is 5.44. The van der Waals surface area contributed by atoms with Gasteiger partial charge in [0, 0.05) is 149 Å². The van der Waals surface area contributed by atoms with Crippen LogP contribution in [0.25, 0.3) is 4.95 Å². The number of rotatable bonds is 17. The zero-order valence-corrected chi connectivity index (χ0v) is 57.3. The predicted octanol–water partition coefficient (Wildman–Crippen LogP) is 10.2. The van der Waals surface area contributed by atoms with Crippen molar-refractivity contribution in [2.45, 2.75) is 114 Å². The molecule has 10 N–H and O–H groups in total. The van der Waals surface area contributed by atoms with Gasteiger partial charge in [-0.2, -0.15) is 16.8 Å². The predicted molar refractivity (Wildman–Crippen MR) is 371 cm³/mol. The van der Waals surface area contributed by atoms with E-state index in [1.165, 1.54) is 43.3 Å². The third kappa shape index (κ3) is 51.7. The van der Waals surface area contributed by atoms with Gasteiger partial charge in [0.25, 0.3) is 0 Å². The van der Waals surface area contributed by atoms with E-state index >= 15 is 0 Å². The minimum absolute atomic E-state index is 0. The lowest BCUT2D eigenvalue weighted by Gasteiger charge is -2.18. The van der Waals surface area contributed by atoms with Crippen LogP contribution in [-0.4, -0.2) is 135 Å². The normalized spacial score (nSPS) is 10.4. The molecule has 3 atom stereocenters. The van der Waals surface area contributed by atoms with Gasteiger partial charge < -0.3 is 66.2 Å². The van der Waals surface area contributed by atoms with E-state index in [9.17, 15) is 24.0 Å². The minimum Gasteiger partial charge on any atom is -0.492 e. The monoisotopic (exact) mass is 1370 g/mol. The number of likely N-dealkylation sites (N-methyl/N-ethyl adjacent to an activating group) is 3. The van der Waals surface area contributed by atoms with E-state index in [0.717, 1.165) is 34.3 Å². The number of hydrogen-bond donors (Lipinski definition) is 7. The van der Waals surface area contributed by atoms with Gasteiger partial charge in [-0.15, -0.1) is 16.6 Å². The molecular formula is C65H93BrClN15O11. The topological polar surface area (TPSA) is 370 Å². The molecular weight excluding hydrogens is 1280 g/mol. The summed E-state index contributed by atoms with van der Waals surface area (Å²) in [6, 6.07) is 24.0. The highest BCUT2D eigenvalue weighted by Crippen LogP contribution is 2.16. The lowest BCUT2D eigenvalue weighted by atomic mass is 10.2. The highest BCUT2D eigenvalue weighted by Gasteiger charge is 2.18. The molecule has 28 heteroatoms. The number of ketones is 2. The number of alkyl halides is 1. The van der Waals surface area contributed by atoms with Crippen molar-refractivity contribution in [1.82, 2.24) is 50.5 Å². The Balaban J connectivity index is -0.00000100. The van der Waals surface area contributed by atoms with Crippen molar-refractivity contribution in [1.29, 1.82) is 5.26 Å². The zero-order valence-electron chi connectivity index (χ0n) is 54.9. The van der Waals surface area contributed by atoms with Crippen LogP contribution in [0, 0.1) is 44.5 Å². The summed E-state index contributed by atoms with van der Waals surface area (Å²) >= 11 is 7.44. The third-order valence-electron chi connectivity index (χ3n) is 10.3. The quantitative estimate of drug-likeness (QED) is 0.0193. The van der Waals surface area contributed by atoms with E-state index in [-0.39, 0.29) is 48.4 Å². The molecule has 7 aromatic rings. The average Bonchev–Trinajstić information content (AvgIpc) is 3.02. The number of carbonyl (C=O) groups is 3. The maximum absolute atomic E-state index is 11.3. The Morgan fingerprint density at radius 3 is 1.35 bits per heavy atom. The number of nitrogens with one attached hydrogen (secondary N) is 4. The molecule has 0 aliphatic rings. The number of aromatic nitrogens is 7. The van der Waals surface area contributed by atoms with Crippen LogP contribution in [0.2, 0.25) is 0 Å². The smallest absolute Gasteiger partial charge is 0.492 e. The third-order valence-corrected chi connectivity index (χ3v) is 10.7. The fourth-order valence-corrected chi connectivity index (χ4v) is 5.44. The molecule has 0 saturated carbocycles. The first-order valence-electron chi connectivity index (χ1n) is 28.1. The largest absolute Gasteiger partial charge is 0.514 e. The van der Waals surface area contributed by atoms with Gasteiger partial charge in [0.2, 0.25) is 0 Å². The molecule has 0 amide bonds. The molecule has 0 aliphatic carbocycles. The van der Waals surface area contributed by atoms with Crippen LogP contribution in [0.15, 0.2) is 138 Å². The Morgan fingerprint density at radius 1 is 0.656 bits per heavy atom. The SMILES string of the molecule is C.CC(=O)CCl.CC(=O)COc1ccnc(C)c1.CNC(C)COc1ccnc(C)c1.CNC(C)COc1ccnc(N)c1.Cc1cc(=O)cc[nH]1.Cc1cc(OC(=O)OC(C)(C)C)ccn1.N#CBr.Nc1cc(=O)cc[nH]1.[C-]#[N+]N(C)C(C)COc1ccnc(N)c1. The van der Waals surface area contributed by atoms with E-state index in [0.29, 0.717) is 66.6 Å². The Labute approximate surface area is 560 Å². The zero-order chi connectivity index (χ0) is 70.0. The number of halogens is 2. The maximum atomic E-state index is 11.3. The Morgan fingerprint density at radius 2 is 1.03 bits per heavy atom. The number of carbonyl (C=O) groups excluding carboxylic acids is 3. The number of aryl methyl sites for hydroxylation is 4. The maximum Gasteiger partial charge on any atom is 0.514 e. The van der Waals surface area contributed by atoms with Gasteiger partial charge in [0.1, 0.15) is 95.0 Å². The van der Waals surface area contributed by atoms with Crippen molar-refractivity contribution < 1.29 is 42.8 Å². The first-order valence-corrected chi connectivity index (χ1v) is 29.4. The Bertz CT molecular complexity index is 3290. The van der Waals surface area contributed by atoms with Gasteiger partial charge in [-0.3, -0.25) is 34.1 Å². The van der Waals surface area contributed by atoms with Gasteiger partial charge in [0.15, 0.2) is 16.6 Å². The molecule has 0 fully saturated rings. The molecule has 93 heavy (non-hydrogen) atoms. The number of pyridine rings is 7. The number of anilines is 3. The summed E-state index contributed by atoms with van der Waals surface area (Å²) in [4.78, 5) is 82.6. The molecule has 0 radical (unpaired) electrons. The molecule has 7 aromatic heterocycles. The van der Waals surface area contributed by atoms with Gasteiger partial charge in [-0.05, 0) is 128 Å². The summed E-state index contributed by atoms with van der Waals surface area (Å²) < 4.78 is 31.6. The molecule has 0 aromatic carbocycles. The van der Waals surface area contributed by atoms with Crippen LogP contribution in [0.4, 0.5) is 22.2 Å². The summed E-state index contributed by atoms with van der Waals surface area (Å²) in [5, 5.41) is 14.9. The number of aromatic amines is 2. The number of nitrogens with two attached hydrogens (primary N) is 3. The first kappa shape index (κ1) is 87.5. The standard InChI is InChI=1S/C11H15NO3.C10H14N4O.C10H16N2O.C9H15N3O.C9H11NO2.C6H7NO.C5H6N2O.C3H5ClO.CBrN.CH4/c1-8-7-9(5-6-12-8)14-10(13)15-11(2,3)4;1-8(14(3)12-2)7-15-9-4-5-13-10(11)6-9;1-8-6-10(4-5-12-8)13-7-9(2)11-3;1-7(11-2)6-13-8-3-4-12-9(10)5-8;1-7-5-9(3-4-10-7)12-6-8(2)11;1-5-4-6(8)2-3-7-5;6-5-3-4(8)1-2-7-5;1-3(5)2-4;2-1-3;/h5-7H,1-4H3;4-6,8H,7H2,1,3H3,(H2,11,13);4-6,9,11H,7H2,1-3H3;3-5,7,11H,6H2,1-2H3,(H2,10,12);3-5H,6H2,1-2H3;2-4H,1H3,(H,7,8);1-3H,(H3,6,7,8);2H2,1H3;;1H4. The van der Waals surface area contributed by atoms with Crippen LogP contribution >= 0.6 is 27.5 Å². The second kappa shape index (κ2) is 52.0. The van der Waals surface area contributed by atoms with Crippen molar-refractivity contribution in [3.8, 4) is 33.7 Å². The highest BCUT2D eigenvalue weighted by atomic mass is 79.9. The molecule has 7 heterocycles. The van der Waals surface area contributed by atoms with Crippen LogP contribution < -0.4 is 62.4 Å². The summed E-state index contributed by atoms with van der Waals surface area (Å²) in [6.45, 7) is 30.5. The number of Topliss-reactive ketones (excluding diaryl/α,β-unsaturated/α-hetero) is 2. The van der Waals surface area contributed by atoms with Crippen LogP contribution in [-0.2, 0) is 14.3 Å². The van der Waals surface area contributed by atoms with E-state index in [2.05, 4.69) is 73.3 Å². The molecule has 0 spiro atoms. The van der Waals surface area contributed by atoms with E-state index in [4.69, 9.17) is 69.1 Å². The average molecular weight is 1380 g/mol. The highest BCUT2D eigenvalue weighted by molar-refractivity contribution is 9.12. The van der Waals surface area contributed by atoms with Gasteiger partial charge >= 0.3 is 6.16 Å². The summed E-state index contributed by atoms with van der Waals surface area (Å²) in [5.74, 6) is 4.94. The van der Waals surface area contributed by atoms with Crippen molar-refractivity contribution in [2.24, 2.45) is 0 Å². The Hall–Kier alpha value is -9.67. The fraction of sp³-hybridized carbons (Fsp3) is 0.385. The number of hydrogen-bond acceptors (Lipinski definition) is 23. The molecule has 0 aliphatic heterocycles. The number of ether oxygens (including phenoxy) is 6. The second-order valence-corrected chi connectivity index (χ2v) is 20.9. The molecule has 26 nitrogen and oxygen atoms in total. The molecule has 3 unspecified atom stereocenters. The number of nitrogen functional groups attached to an aromatic ring is 3. The first-order chi connectivity index (χ1) is 43.4. The van der Waals surface area contributed by atoms with E-state index in [1.54, 1.807) is 125 Å². The summed E-state index contributed by atoms with van der Waals surface area (Å²) in [5.41, 5.74) is 19.2. The van der Waals surface area contributed by atoms with Crippen molar-refractivity contribution in [3.63, 3.8) is 0 Å². The molecule has 508 valence electrons. The lowest BCUT2D eigenvalue weighted by Crippen LogP contribution is -2.28. The van der Waals surface area contributed by atoms with Crippen LogP contribution in [0.3, 0.4) is 0 Å². The van der Waals surface area contributed by atoms with Crippen molar-refractivity contribution in [3.05, 3.63) is 183 Å². The van der Waals surface area contributed by atoms with Crippen molar-refractivity contribution in [2.75, 3.05) is 70.7 Å². The number of H-pyrrole nitrogens is 2. The van der Waals surface area contributed by atoms with Crippen LogP contribution in [0.1, 0.15) is 85.6 Å². The summed E-state index contributed by atoms with van der Waals surface area (Å²) in [6.07, 6.45) is 10.7. The lowest BCUT2D eigenvalue weighted by molar-refractivity contribution is -0.119. The Kier molecular flexibility index (Phi) is 48.9. The van der Waals surface area contributed by atoms with E-state index in [1.807, 2.05) is 67.8 Å². The number of nitrogens with zero attached hydrogens (tertiary/aromatic N) is 8. The molecule has 0 saturated heterocycles. The van der Waals surface area contributed by atoms with Gasteiger partial charge in [-0.25, -0.2) is 14.8 Å².